The summed E-state index contributed by atoms with van der Waals surface area (Å²) >= 11 is 0. The number of carbonyl (C=O) groups is 4. The minimum atomic E-state index is -5.01. The number of fused-ring (bicyclic) bond motifs is 1. The minimum absolute atomic E-state index is 0.108. The van der Waals surface area contributed by atoms with E-state index in [2.05, 4.69) is 21.3 Å². The fourth-order valence-electron chi connectivity index (χ4n) is 5.36. The Labute approximate surface area is 318 Å². The van der Waals surface area contributed by atoms with Crippen molar-refractivity contribution in [1.82, 2.24) is 16.0 Å². The van der Waals surface area contributed by atoms with E-state index in [1.165, 1.54) is 13.0 Å². The Kier molecular flexibility index (Phi) is 12.6. The number of anilines is 2. The topological polar surface area (TPSA) is 360 Å². The van der Waals surface area contributed by atoms with E-state index in [0.717, 1.165) is 54.6 Å². The van der Waals surface area contributed by atoms with Crippen LogP contribution in [0, 0.1) is 6.92 Å². The van der Waals surface area contributed by atoms with Crippen molar-refractivity contribution in [2.24, 2.45) is 0 Å². The smallest absolute Gasteiger partial charge is 0.295 e. The fourth-order valence-corrected chi connectivity index (χ4v) is 8.28. The first-order chi connectivity index (χ1) is 25.7. The number of amides is 4. The summed E-state index contributed by atoms with van der Waals surface area (Å²) in [7, 11) is -19.5. The Morgan fingerprint density at radius 1 is 0.643 bits per heavy atom. The highest BCUT2D eigenvalue weighted by atomic mass is 32.2. The SMILES string of the molecule is Cc1cc(S(=O)(=O)O)c2c(NC(=O)CNC(=O)c3cc(N)cc(C(=O)NCC(=O)NCc4c(CS(=O)(=O)O)cccc4S(=O)(=O)O)c3)ccc(S(=O)(=O)O)c2c1. The van der Waals surface area contributed by atoms with Crippen molar-refractivity contribution in [2.45, 2.75) is 33.9 Å². The standard InChI is InChI=1S/C31H31N5O16S4/c1-16-7-21-25(55(47,48)49)6-5-23(29(21)26(8-16)56(50,51)52)36-28(38)14-35-31(40)19-9-18(10-20(32)11-19)30(39)34-13-27(37)33-12-22-17(15-53(41,42)43)3-2-4-24(22)54(44,45)46/h2-11H,12-15,32H2,1H3,(H,33,37)(H,34,39)(H,35,40)(H,36,38)(H,41,42,43)(H,44,45,46)(H,47,48,49)(H,50,51,52). The van der Waals surface area contributed by atoms with Crippen molar-refractivity contribution in [3.05, 3.63) is 88.5 Å². The van der Waals surface area contributed by atoms with E-state index in [4.69, 9.17) is 5.73 Å². The van der Waals surface area contributed by atoms with Gasteiger partial charge < -0.3 is 27.0 Å². The molecule has 0 saturated carbocycles. The molecule has 300 valence electrons. The normalized spacial score (nSPS) is 12.2. The van der Waals surface area contributed by atoms with Gasteiger partial charge in [0, 0.05) is 34.1 Å². The number of carbonyl (C=O) groups excluding carboxylic acids is 4. The average Bonchev–Trinajstić information content (AvgIpc) is 3.06. The lowest BCUT2D eigenvalue weighted by molar-refractivity contribution is -0.120. The number of nitrogens with one attached hydrogen (secondary N) is 4. The predicted octanol–water partition coefficient (Wildman–Crippen LogP) is 0.273. The molecule has 0 unspecified atom stereocenters. The van der Waals surface area contributed by atoms with Crippen LogP contribution >= 0.6 is 0 Å². The molecule has 4 rings (SSSR count). The summed E-state index contributed by atoms with van der Waals surface area (Å²) in [6, 6.07) is 10.5. The summed E-state index contributed by atoms with van der Waals surface area (Å²) in [6.07, 6.45) is 0. The molecule has 0 heterocycles. The second kappa shape index (κ2) is 16.3. The van der Waals surface area contributed by atoms with E-state index in [1.54, 1.807) is 0 Å². The number of nitrogen functional groups attached to an aromatic ring is 1. The van der Waals surface area contributed by atoms with E-state index >= 15 is 0 Å². The summed E-state index contributed by atoms with van der Waals surface area (Å²) in [6.45, 7) is -0.787. The number of benzene rings is 4. The molecule has 56 heavy (non-hydrogen) atoms. The lowest BCUT2D eigenvalue weighted by Gasteiger charge is -2.15. The van der Waals surface area contributed by atoms with Gasteiger partial charge in [-0.2, -0.15) is 33.7 Å². The highest BCUT2D eigenvalue weighted by Crippen LogP contribution is 2.35. The molecule has 0 aliphatic rings. The largest absolute Gasteiger partial charge is 0.399 e. The van der Waals surface area contributed by atoms with E-state index in [-0.39, 0.29) is 44.6 Å². The van der Waals surface area contributed by atoms with Crippen LogP contribution in [-0.4, -0.2) is 88.6 Å². The summed E-state index contributed by atoms with van der Waals surface area (Å²) < 4.78 is 133. The van der Waals surface area contributed by atoms with Crippen LogP contribution in [0.15, 0.2) is 75.4 Å². The van der Waals surface area contributed by atoms with Crippen LogP contribution < -0.4 is 27.0 Å². The summed E-state index contributed by atoms with van der Waals surface area (Å²) in [5, 5.41) is 8.22. The fraction of sp³-hybridized carbons (Fsp3) is 0.161. The van der Waals surface area contributed by atoms with Gasteiger partial charge in [-0.3, -0.25) is 37.4 Å². The van der Waals surface area contributed by atoms with Gasteiger partial charge in [0.15, 0.2) is 0 Å². The molecule has 0 radical (unpaired) electrons. The van der Waals surface area contributed by atoms with Gasteiger partial charge in [-0.1, -0.05) is 12.1 Å². The molecule has 4 aromatic carbocycles. The lowest BCUT2D eigenvalue weighted by Crippen LogP contribution is -2.37. The molecule has 0 bridgehead atoms. The van der Waals surface area contributed by atoms with E-state index in [9.17, 15) is 71.1 Å². The van der Waals surface area contributed by atoms with Gasteiger partial charge >= 0.3 is 0 Å². The highest BCUT2D eigenvalue weighted by molar-refractivity contribution is 7.86. The maximum Gasteiger partial charge on any atom is 0.295 e. The third-order valence-corrected chi connectivity index (χ3v) is 11.0. The molecule has 0 aromatic heterocycles. The number of nitrogens with two attached hydrogens (primary N) is 1. The first-order valence-electron chi connectivity index (χ1n) is 15.3. The van der Waals surface area contributed by atoms with Crippen molar-refractivity contribution in [1.29, 1.82) is 0 Å². The summed E-state index contributed by atoms with van der Waals surface area (Å²) in [5.41, 5.74) is 4.52. The molecule has 21 nitrogen and oxygen atoms in total. The Bertz CT molecular complexity index is 2760. The van der Waals surface area contributed by atoms with E-state index in [0.29, 0.717) is 0 Å². The van der Waals surface area contributed by atoms with Crippen LogP contribution in [0.2, 0.25) is 0 Å². The van der Waals surface area contributed by atoms with Crippen LogP contribution in [0.25, 0.3) is 10.8 Å². The maximum absolute atomic E-state index is 13.0. The summed E-state index contributed by atoms with van der Waals surface area (Å²) in [4.78, 5) is 49.0. The van der Waals surface area contributed by atoms with Gasteiger partial charge in [-0.25, -0.2) is 0 Å². The van der Waals surface area contributed by atoms with Crippen LogP contribution in [0.5, 0.6) is 0 Å². The average molecular weight is 858 g/mol. The zero-order valence-corrected chi connectivity index (χ0v) is 31.8. The second-order valence-corrected chi connectivity index (χ2v) is 17.5. The molecule has 0 fully saturated rings. The van der Waals surface area contributed by atoms with Crippen molar-refractivity contribution >= 4 is 86.2 Å². The van der Waals surface area contributed by atoms with Gasteiger partial charge in [0.2, 0.25) is 11.8 Å². The first kappa shape index (κ1) is 43.2. The zero-order valence-electron chi connectivity index (χ0n) is 28.5. The number of hydrogen-bond donors (Lipinski definition) is 9. The van der Waals surface area contributed by atoms with Crippen LogP contribution in [0.4, 0.5) is 11.4 Å². The van der Waals surface area contributed by atoms with Crippen molar-refractivity contribution < 1.29 is 71.1 Å². The van der Waals surface area contributed by atoms with Gasteiger partial charge in [-0.15, -0.1) is 0 Å². The molecule has 10 N–H and O–H groups in total. The third kappa shape index (κ3) is 11.0. The maximum atomic E-state index is 13.0. The number of hydrogen-bond acceptors (Lipinski definition) is 13. The molecular formula is C31H31N5O16S4. The van der Waals surface area contributed by atoms with Gasteiger partial charge in [-0.05, 0) is 72.1 Å². The van der Waals surface area contributed by atoms with Crippen molar-refractivity contribution in [3.8, 4) is 0 Å². The Balaban J connectivity index is 1.44. The van der Waals surface area contributed by atoms with E-state index in [1.807, 2.05) is 0 Å². The van der Waals surface area contributed by atoms with E-state index < -0.39 is 110 Å². The molecule has 25 heteroatoms. The molecule has 0 saturated heterocycles. The quantitative estimate of drug-likeness (QED) is 0.0607. The first-order valence-corrected chi connectivity index (χ1v) is 21.3. The molecular weight excluding hydrogens is 827 g/mol. The highest BCUT2D eigenvalue weighted by Gasteiger charge is 2.25. The second-order valence-electron chi connectivity index (χ2n) is 11.9. The monoisotopic (exact) mass is 857 g/mol. The molecule has 4 amide bonds. The molecule has 0 aliphatic heterocycles. The van der Waals surface area contributed by atoms with Gasteiger partial charge in [0.25, 0.3) is 52.3 Å². The molecule has 4 aromatic rings. The van der Waals surface area contributed by atoms with Crippen LogP contribution in [-0.2, 0) is 62.4 Å². The Morgan fingerprint density at radius 2 is 1.20 bits per heavy atom. The zero-order chi connectivity index (χ0) is 42.0. The molecule has 0 spiro atoms. The lowest BCUT2D eigenvalue weighted by atomic mass is 10.1. The van der Waals surface area contributed by atoms with Gasteiger partial charge in [0.05, 0.1) is 23.7 Å². The number of aryl methyl sites for hydroxylation is 1. The van der Waals surface area contributed by atoms with Crippen LogP contribution in [0.3, 0.4) is 0 Å². The minimum Gasteiger partial charge on any atom is -0.399 e. The number of rotatable bonds is 14. The molecule has 0 atom stereocenters. The van der Waals surface area contributed by atoms with Crippen LogP contribution in [0.1, 0.15) is 37.4 Å². The van der Waals surface area contributed by atoms with Crippen molar-refractivity contribution in [3.63, 3.8) is 0 Å². The third-order valence-electron chi connectivity index (χ3n) is 7.62. The predicted molar refractivity (Wildman–Crippen MR) is 196 cm³/mol. The summed E-state index contributed by atoms with van der Waals surface area (Å²) in [5.74, 6) is -4.82. The Hall–Kier alpha value is -5.54. The van der Waals surface area contributed by atoms with Gasteiger partial charge in [0.1, 0.15) is 15.5 Å². The molecule has 0 aliphatic carbocycles. The van der Waals surface area contributed by atoms with Crippen molar-refractivity contribution in [2.75, 3.05) is 24.1 Å². The Morgan fingerprint density at radius 3 is 1.73 bits per heavy atom.